The molecule has 4 nitrogen and oxygen atoms in total. The summed E-state index contributed by atoms with van der Waals surface area (Å²) in [6.07, 6.45) is 0.746. The monoisotopic (exact) mass is 336 g/mol. The largest absolute Gasteiger partial charge is 0.355 e. The van der Waals surface area contributed by atoms with Gasteiger partial charge < -0.3 is 9.42 Å². The van der Waals surface area contributed by atoms with Crippen LogP contribution in [0.25, 0.3) is 11.3 Å². The van der Waals surface area contributed by atoms with E-state index in [1.54, 1.807) is 23.1 Å². The molecule has 0 aliphatic carbocycles. The molecule has 3 aromatic rings. The number of rotatable bonds is 3. The first-order valence-corrected chi connectivity index (χ1v) is 8.28. The molecule has 0 spiro atoms. The Morgan fingerprint density at radius 2 is 1.88 bits per heavy atom. The first kappa shape index (κ1) is 15.6. The molecule has 1 aliphatic rings. The summed E-state index contributed by atoms with van der Waals surface area (Å²) in [5.74, 6) is 0.193. The minimum absolute atomic E-state index is 0.0191. The average Bonchev–Trinajstić information content (AvgIpc) is 3.32. The summed E-state index contributed by atoms with van der Waals surface area (Å²) in [6.45, 7) is 1.08. The third-order valence-electron chi connectivity index (χ3n) is 4.61. The molecule has 0 N–H and O–H groups in total. The molecule has 1 amide bonds. The zero-order valence-electron chi connectivity index (χ0n) is 13.6. The van der Waals surface area contributed by atoms with Gasteiger partial charge in [0.15, 0.2) is 11.5 Å². The van der Waals surface area contributed by atoms with Crippen molar-refractivity contribution in [1.82, 2.24) is 10.1 Å². The fourth-order valence-electron chi connectivity index (χ4n) is 3.28. The number of carbonyl (C=O) groups is 1. The zero-order chi connectivity index (χ0) is 17.2. The molecule has 4 rings (SSSR count). The second-order valence-electron chi connectivity index (χ2n) is 6.20. The van der Waals surface area contributed by atoms with E-state index in [0.717, 1.165) is 12.0 Å². The summed E-state index contributed by atoms with van der Waals surface area (Å²) in [5.41, 5.74) is 1.83. The van der Waals surface area contributed by atoms with E-state index < -0.39 is 0 Å². The van der Waals surface area contributed by atoms with Gasteiger partial charge in [-0.15, -0.1) is 0 Å². The Morgan fingerprint density at radius 1 is 1.12 bits per heavy atom. The van der Waals surface area contributed by atoms with Crippen molar-refractivity contribution in [2.75, 3.05) is 13.1 Å². The molecular formula is C20H17FN2O2. The van der Waals surface area contributed by atoms with Gasteiger partial charge in [0.05, 0.1) is 0 Å². The summed E-state index contributed by atoms with van der Waals surface area (Å²) in [4.78, 5) is 14.4. The fraction of sp³-hybridized carbons (Fsp3) is 0.200. The SMILES string of the molecule is O=C(c1cc(-c2ccccc2)on1)N1CC[C@H](c2ccccc2F)C1. The number of halogens is 1. The standard InChI is InChI=1S/C20H17FN2O2/c21-17-9-5-4-8-16(17)15-10-11-23(13-15)20(24)18-12-19(25-22-18)14-6-2-1-3-7-14/h1-9,12,15H,10-11,13H2/t15-/m0/s1. The Labute approximate surface area is 144 Å². The number of amides is 1. The van der Waals surface area contributed by atoms with Crippen molar-refractivity contribution in [1.29, 1.82) is 0 Å². The van der Waals surface area contributed by atoms with Gasteiger partial charge in [0.1, 0.15) is 5.82 Å². The fourth-order valence-corrected chi connectivity index (χ4v) is 3.28. The lowest BCUT2D eigenvalue weighted by molar-refractivity contribution is 0.0780. The summed E-state index contributed by atoms with van der Waals surface area (Å²) >= 11 is 0. The van der Waals surface area contributed by atoms with Crippen LogP contribution in [0.2, 0.25) is 0 Å². The topological polar surface area (TPSA) is 46.3 Å². The van der Waals surface area contributed by atoms with Gasteiger partial charge in [0.25, 0.3) is 5.91 Å². The molecule has 2 aromatic carbocycles. The summed E-state index contributed by atoms with van der Waals surface area (Å²) in [5, 5.41) is 3.91. The lowest BCUT2D eigenvalue weighted by atomic mass is 9.98. The van der Waals surface area contributed by atoms with Gasteiger partial charge in [-0.25, -0.2) is 4.39 Å². The van der Waals surface area contributed by atoms with E-state index in [1.165, 1.54) is 6.07 Å². The van der Waals surface area contributed by atoms with Gasteiger partial charge in [0.2, 0.25) is 0 Å². The minimum Gasteiger partial charge on any atom is -0.355 e. The lowest BCUT2D eigenvalue weighted by Gasteiger charge is -2.15. The van der Waals surface area contributed by atoms with E-state index in [2.05, 4.69) is 5.16 Å². The number of aromatic nitrogens is 1. The maximum Gasteiger partial charge on any atom is 0.276 e. The van der Waals surface area contributed by atoms with Crippen molar-refractivity contribution in [3.05, 3.63) is 77.7 Å². The van der Waals surface area contributed by atoms with Crippen LogP contribution in [-0.4, -0.2) is 29.1 Å². The van der Waals surface area contributed by atoms with Crippen molar-refractivity contribution < 1.29 is 13.7 Å². The molecule has 2 heterocycles. The molecule has 1 aromatic heterocycles. The number of hydrogen-bond acceptors (Lipinski definition) is 3. The van der Waals surface area contributed by atoms with Crippen LogP contribution in [0.3, 0.4) is 0 Å². The molecule has 0 radical (unpaired) electrons. The molecule has 0 bridgehead atoms. The van der Waals surface area contributed by atoms with Crippen molar-refractivity contribution in [2.45, 2.75) is 12.3 Å². The number of hydrogen-bond donors (Lipinski definition) is 0. The summed E-state index contributed by atoms with van der Waals surface area (Å²) in [6, 6.07) is 17.9. The van der Waals surface area contributed by atoms with Crippen molar-refractivity contribution in [3.63, 3.8) is 0 Å². The molecule has 1 atom stereocenters. The Morgan fingerprint density at radius 3 is 2.68 bits per heavy atom. The zero-order valence-corrected chi connectivity index (χ0v) is 13.6. The van der Waals surface area contributed by atoms with Gasteiger partial charge >= 0.3 is 0 Å². The van der Waals surface area contributed by atoms with Crippen LogP contribution in [0.15, 0.2) is 65.2 Å². The maximum absolute atomic E-state index is 14.0. The average molecular weight is 336 g/mol. The molecule has 0 saturated carbocycles. The molecule has 1 aliphatic heterocycles. The number of carbonyl (C=O) groups excluding carboxylic acids is 1. The maximum atomic E-state index is 14.0. The van der Waals surface area contributed by atoms with Crippen LogP contribution in [0.5, 0.6) is 0 Å². The normalized spacial score (nSPS) is 17.0. The molecule has 1 saturated heterocycles. The van der Waals surface area contributed by atoms with Crippen LogP contribution in [0, 0.1) is 5.82 Å². The second kappa shape index (κ2) is 6.51. The van der Waals surface area contributed by atoms with Crippen LogP contribution in [-0.2, 0) is 0 Å². The van der Waals surface area contributed by atoms with Gasteiger partial charge in [-0.05, 0) is 18.1 Å². The van der Waals surface area contributed by atoms with Crippen molar-refractivity contribution in [3.8, 4) is 11.3 Å². The Balaban J connectivity index is 1.49. The number of likely N-dealkylation sites (tertiary alicyclic amines) is 1. The van der Waals surface area contributed by atoms with Crippen molar-refractivity contribution in [2.24, 2.45) is 0 Å². The highest BCUT2D eigenvalue weighted by Gasteiger charge is 2.30. The van der Waals surface area contributed by atoms with Crippen LogP contribution < -0.4 is 0 Å². The van der Waals surface area contributed by atoms with E-state index in [1.807, 2.05) is 36.4 Å². The van der Waals surface area contributed by atoms with Gasteiger partial charge in [0, 0.05) is 30.6 Å². The van der Waals surface area contributed by atoms with Gasteiger partial charge in [-0.3, -0.25) is 4.79 Å². The smallest absolute Gasteiger partial charge is 0.276 e. The Hall–Kier alpha value is -2.95. The first-order chi connectivity index (χ1) is 12.2. The predicted octanol–water partition coefficient (Wildman–Crippen LogP) is 4.11. The van der Waals surface area contributed by atoms with Crippen LogP contribution in [0.1, 0.15) is 28.4 Å². The predicted molar refractivity (Wildman–Crippen MR) is 91.6 cm³/mol. The second-order valence-corrected chi connectivity index (χ2v) is 6.20. The summed E-state index contributed by atoms with van der Waals surface area (Å²) in [7, 11) is 0. The molecule has 0 unspecified atom stereocenters. The molecule has 5 heteroatoms. The van der Waals surface area contributed by atoms with Gasteiger partial charge in [-0.2, -0.15) is 0 Å². The third-order valence-corrected chi connectivity index (χ3v) is 4.61. The highest BCUT2D eigenvalue weighted by Crippen LogP contribution is 2.30. The Kier molecular flexibility index (Phi) is 4.06. The molecular weight excluding hydrogens is 319 g/mol. The third kappa shape index (κ3) is 3.05. The molecule has 1 fully saturated rings. The van der Waals surface area contributed by atoms with Crippen molar-refractivity contribution >= 4 is 5.91 Å². The van der Waals surface area contributed by atoms with Crippen LogP contribution in [0.4, 0.5) is 4.39 Å². The minimum atomic E-state index is -0.213. The first-order valence-electron chi connectivity index (χ1n) is 8.28. The number of nitrogens with zero attached hydrogens (tertiary/aromatic N) is 2. The number of benzene rings is 2. The van der Waals surface area contributed by atoms with Crippen LogP contribution >= 0.6 is 0 Å². The highest BCUT2D eigenvalue weighted by atomic mass is 19.1. The molecule has 25 heavy (non-hydrogen) atoms. The summed E-state index contributed by atoms with van der Waals surface area (Å²) < 4.78 is 19.3. The highest BCUT2D eigenvalue weighted by molar-refractivity contribution is 5.93. The van der Waals surface area contributed by atoms with Gasteiger partial charge in [-0.1, -0.05) is 53.7 Å². The van der Waals surface area contributed by atoms with E-state index in [9.17, 15) is 9.18 Å². The quantitative estimate of drug-likeness (QED) is 0.723. The van der Waals surface area contributed by atoms with E-state index in [-0.39, 0.29) is 23.3 Å². The van der Waals surface area contributed by atoms with E-state index in [4.69, 9.17) is 4.52 Å². The Bertz CT molecular complexity index is 891. The lowest BCUT2D eigenvalue weighted by Crippen LogP contribution is -2.28. The van der Waals surface area contributed by atoms with E-state index >= 15 is 0 Å². The van der Waals surface area contributed by atoms with E-state index in [0.29, 0.717) is 24.4 Å². The molecule has 126 valence electrons.